The van der Waals surface area contributed by atoms with Gasteiger partial charge < -0.3 is 15.0 Å². The zero-order valence-corrected chi connectivity index (χ0v) is 24.3. The minimum absolute atomic E-state index is 0.0143. The average molecular weight is 572 g/mol. The fourth-order valence-electron chi connectivity index (χ4n) is 3.94. The smallest absolute Gasteiger partial charge is 0.264 e. The van der Waals surface area contributed by atoms with Gasteiger partial charge >= 0.3 is 0 Å². The number of hydrogen-bond donors (Lipinski definition) is 1. The number of nitrogens with one attached hydrogen (secondary N) is 1. The number of aryl methyl sites for hydroxylation is 1. The minimum Gasteiger partial charge on any atom is -0.495 e. The first-order valence-electron chi connectivity index (χ1n) is 12.5. The monoisotopic (exact) mass is 571 g/mol. The molecule has 1 unspecified atom stereocenters. The van der Waals surface area contributed by atoms with Crippen molar-refractivity contribution < 1.29 is 22.7 Å². The fraction of sp³-hybridized carbons (Fsp3) is 0.310. The Morgan fingerprint density at radius 2 is 1.62 bits per heavy atom. The number of anilines is 1. The number of sulfonamides is 1. The first-order valence-corrected chi connectivity index (χ1v) is 14.3. The maximum Gasteiger partial charge on any atom is 0.264 e. The van der Waals surface area contributed by atoms with E-state index in [1.54, 1.807) is 31.2 Å². The quantitative estimate of drug-likeness (QED) is 0.357. The van der Waals surface area contributed by atoms with Crippen LogP contribution in [0.2, 0.25) is 5.02 Å². The predicted molar refractivity (Wildman–Crippen MR) is 153 cm³/mol. The molecule has 0 spiro atoms. The summed E-state index contributed by atoms with van der Waals surface area (Å²) in [6.07, 6.45) is 0. The van der Waals surface area contributed by atoms with E-state index in [1.165, 1.54) is 36.3 Å². The van der Waals surface area contributed by atoms with E-state index >= 15 is 0 Å². The molecule has 8 nitrogen and oxygen atoms in total. The van der Waals surface area contributed by atoms with Crippen LogP contribution in [0.3, 0.4) is 0 Å². The van der Waals surface area contributed by atoms with Crippen LogP contribution in [0.15, 0.2) is 77.7 Å². The van der Waals surface area contributed by atoms with Gasteiger partial charge in [-0.05, 0) is 63.6 Å². The molecular weight excluding hydrogens is 538 g/mol. The third kappa shape index (κ3) is 7.52. The summed E-state index contributed by atoms with van der Waals surface area (Å²) < 4.78 is 33.8. The highest BCUT2D eigenvalue weighted by molar-refractivity contribution is 7.92. The van der Waals surface area contributed by atoms with Crippen LogP contribution in [-0.2, 0) is 26.2 Å². The van der Waals surface area contributed by atoms with Gasteiger partial charge in [-0.3, -0.25) is 13.9 Å². The zero-order chi connectivity index (χ0) is 28.7. The molecule has 0 fully saturated rings. The van der Waals surface area contributed by atoms with Gasteiger partial charge in [-0.2, -0.15) is 0 Å². The number of amides is 2. The van der Waals surface area contributed by atoms with E-state index in [0.29, 0.717) is 5.75 Å². The van der Waals surface area contributed by atoms with Gasteiger partial charge in [-0.1, -0.05) is 59.6 Å². The number of benzene rings is 3. The lowest BCUT2D eigenvalue weighted by Gasteiger charge is -2.32. The van der Waals surface area contributed by atoms with E-state index in [2.05, 4.69) is 5.32 Å². The molecule has 3 aromatic carbocycles. The van der Waals surface area contributed by atoms with Crippen LogP contribution < -0.4 is 14.4 Å². The van der Waals surface area contributed by atoms with Gasteiger partial charge in [0.15, 0.2) is 0 Å². The second-order valence-electron chi connectivity index (χ2n) is 9.49. The molecule has 1 N–H and O–H groups in total. The Morgan fingerprint density at radius 3 is 2.18 bits per heavy atom. The van der Waals surface area contributed by atoms with Crippen molar-refractivity contribution in [2.75, 3.05) is 18.0 Å². The Morgan fingerprint density at radius 1 is 0.974 bits per heavy atom. The van der Waals surface area contributed by atoms with Crippen molar-refractivity contribution in [1.29, 1.82) is 0 Å². The summed E-state index contributed by atoms with van der Waals surface area (Å²) in [7, 11) is -2.72. The molecule has 0 heterocycles. The van der Waals surface area contributed by atoms with Crippen molar-refractivity contribution in [2.45, 2.75) is 51.2 Å². The van der Waals surface area contributed by atoms with Gasteiger partial charge in [0, 0.05) is 12.6 Å². The van der Waals surface area contributed by atoms with Crippen molar-refractivity contribution in [3.8, 4) is 5.75 Å². The van der Waals surface area contributed by atoms with Gasteiger partial charge in [-0.25, -0.2) is 8.42 Å². The zero-order valence-electron chi connectivity index (χ0n) is 22.7. The van der Waals surface area contributed by atoms with E-state index in [1.807, 2.05) is 45.0 Å². The molecule has 2 amide bonds. The second-order valence-corrected chi connectivity index (χ2v) is 11.8. The number of nitrogens with zero attached hydrogens (tertiary/aromatic N) is 2. The number of halogens is 1. The van der Waals surface area contributed by atoms with Crippen molar-refractivity contribution in [1.82, 2.24) is 10.2 Å². The van der Waals surface area contributed by atoms with Gasteiger partial charge in [0.2, 0.25) is 11.8 Å². The van der Waals surface area contributed by atoms with Crippen LogP contribution in [0.25, 0.3) is 0 Å². The van der Waals surface area contributed by atoms with Crippen LogP contribution >= 0.6 is 11.6 Å². The molecule has 10 heteroatoms. The highest BCUT2D eigenvalue weighted by Crippen LogP contribution is 2.32. The number of ether oxygens (including phenoxy) is 1. The second kappa shape index (κ2) is 13.0. The third-order valence-corrected chi connectivity index (χ3v) is 8.19. The Bertz CT molecular complexity index is 1400. The van der Waals surface area contributed by atoms with E-state index in [4.69, 9.17) is 16.3 Å². The Balaban J connectivity index is 2.05. The van der Waals surface area contributed by atoms with Crippen LogP contribution in [0.1, 0.15) is 31.9 Å². The molecule has 0 saturated heterocycles. The van der Waals surface area contributed by atoms with Crippen molar-refractivity contribution in [3.63, 3.8) is 0 Å². The highest BCUT2D eigenvalue weighted by Gasteiger charge is 2.33. The van der Waals surface area contributed by atoms with Gasteiger partial charge in [0.05, 0.1) is 22.7 Å². The summed E-state index contributed by atoms with van der Waals surface area (Å²) in [5, 5.41) is 3.03. The van der Waals surface area contributed by atoms with Crippen LogP contribution in [-0.4, -0.2) is 50.9 Å². The molecule has 3 aromatic rings. The summed E-state index contributed by atoms with van der Waals surface area (Å²) >= 11 is 6.33. The maximum absolute atomic E-state index is 13.9. The first kappa shape index (κ1) is 30.0. The van der Waals surface area contributed by atoms with Crippen LogP contribution in [0.5, 0.6) is 5.75 Å². The lowest BCUT2D eigenvalue weighted by atomic mass is 10.1. The number of methoxy groups -OCH3 is 1. The maximum atomic E-state index is 13.9. The van der Waals surface area contributed by atoms with Gasteiger partial charge in [-0.15, -0.1) is 0 Å². The molecule has 0 aromatic heterocycles. The lowest BCUT2D eigenvalue weighted by Crippen LogP contribution is -2.52. The predicted octanol–water partition coefficient (Wildman–Crippen LogP) is 4.79. The molecule has 0 saturated carbocycles. The summed E-state index contributed by atoms with van der Waals surface area (Å²) in [5.74, 6) is -0.521. The van der Waals surface area contributed by atoms with E-state index in [9.17, 15) is 18.0 Å². The molecular formula is C29H34ClN3O5S. The summed E-state index contributed by atoms with van der Waals surface area (Å²) in [6, 6.07) is 18.9. The van der Waals surface area contributed by atoms with Crippen molar-refractivity contribution >= 4 is 39.1 Å². The van der Waals surface area contributed by atoms with Crippen LogP contribution in [0, 0.1) is 6.92 Å². The standard InChI is InChI=1S/C29H34ClN3O5S/c1-20(2)31-29(35)22(4)32(18-23-13-11-21(3)12-14-23)28(34)19-33(24-15-16-27(38-5)26(30)17-24)39(36,37)25-9-7-6-8-10-25/h6-17,20,22H,18-19H2,1-5H3,(H,31,35). The Kier molecular flexibility index (Phi) is 9.99. The summed E-state index contributed by atoms with van der Waals surface area (Å²) in [4.78, 5) is 28.3. The number of hydrogen-bond acceptors (Lipinski definition) is 5. The molecule has 1 atom stereocenters. The SMILES string of the molecule is COc1ccc(N(CC(=O)N(Cc2ccc(C)cc2)C(C)C(=O)NC(C)C)S(=O)(=O)c2ccccc2)cc1Cl. The minimum atomic E-state index is -4.18. The van der Waals surface area contributed by atoms with E-state index in [0.717, 1.165) is 15.4 Å². The Labute approximate surface area is 235 Å². The molecule has 0 aliphatic carbocycles. The topological polar surface area (TPSA) is 96.0 Å². The molecule has 0 aliphatic rings. The fourth-order valence-corrected chi connectivity index (χ4v) is 5.62. The lowest BCUT2D eigenvalue weighted by molar-refractivity contribution is -0.139. The molecule has 3 rings (SSSR count). The number of rotatable bonds is 11. The van der Waals surface area contributed by atoms with Crippen molar-refractivity contribution in [3.05, 3.63) is 88.9 Å². The van der Waals surface area contributed by atoms with Crippen molar-refractivity contribution in [2.24, 2.45) is 0 Å². The first-order chi connectivity index (χ1) is 18.4. The summed E-state index contributed by atoms with van der Waals surface area (Å²) in [6.45, 7) is 6.82. The van der Waals surface area contributed by atoms with E-state index in [-0.39, 0.29) is 34.1 Å². The molecule has 39 heavy (non-hydrogen) atoms. The Hall–Kier alpha value is -3.56. The molecule has 208 valence electrons. The third-order valence-electron chi connectivity index (χ3n) is 6.11. The molecule has 0 bridgehead atoms. The normalized spacial score (nSPS) is 12.1. The molecule has 0 aliphatic heterocycles. The largest absolute Gasteiger partial charge is 0.495 e. The van der Waals surface area contributed by atoms with Gasteiger partial charge in [0.25, 0.3) is 10.0 Å². The number of carbonyl (C=O) groups is 2. The molecule has 0 radical (unpaired) electrons. The average Bonchev–Trinajstić information content (AvgIpc) is 2.90. The van der Waals surface area contributed by atoms with Crippen LogP contribution in [0.4, 0.5) is 5.69 Å². The number of carbonyl (C=O) groups excluding carboxylic acids is 2. The highest BCUT2D eigenvalue weighted by atomic mass is 35.5. The van der Waals surface area contributed by atoms with E-state index < -0.39 is 28.5 Å². The summed E-state index contributed by atoms with van der Waals surface area (Å²) in [5.41, 5.74) is 2.05. The van der Waals surface area contributed by atoms with Gasteiger partial charge in [0.1, 0.15) is 18.3 Å².